The first-order valence-electron chi connectivity index (χ1n) is 9.94. The van der Waals surface area contributed by atoms with Crippen molar-refractivity contribution in [3.8, 4) is 17.1 Å². The quantitative estimate of drug-likeness (QED) is 0.635. The molecular formula is C23H25N3O3. The van der Waals surface area contributed by atoms with Crippen molar-refractivity contribution in [2.24, 2.45) is 0 Å². The van der Waals surface area contributed by atoms with Gasteiger partial charge in [-0.15, -0.1) is 0 Å². The van der Waals surface area contributed by atoms with Gasteiger partial charge in [-0.05, 0) is 31.6 Å². The average Bonchev–Trinajstić information content (AvgIpc) is 3.06. The number of allylic oxidation sites excluding steroid dienone is 3. The minimum Gasteiger partial charge on any atom is -0.508 e. The molecule has 150 valence electrons. The normalized spacial score (nSPS) is 15.2. The zero-order valence-corrected chi connectivity index (χ0v) is 16.8. The van der Waals surface area contributed by atoms with E-state index in [1.165, 1.54) is 0 Å². The van der Waals surface area contributed by atoms with E-state index in [4.69, 9.17) is 19.1 Å². The lowest BCUT2D eigenvalue weighted by atomic mass is 10.1. The number of morpholine rings is 1. The Hall–Kier alpha value is -3.12. The summed E-state index contributed by atoms with van der Waals surface area (Å²) in [4.78, 5) is 11.8. The van der Waals surface area contributed by atoms with Gasteiger partial charge < -0.3 is 19.2 Å². The number of ether oxygens (including phenoxy) is 1. The minimum absolute atomic E-state index is 0.187. The van der Waals surface area contributed by atoms with Gasteiger partial charge in [-0.3, -0.25) is 0 Å². The number of furan rings is 1. The Balaban J connectivity index is 1.89. The summed E-state index contributed by atoms with van der Waals surface area (Å²) in [5.74, 6) is 2.32. The third kappa shape index (κ3) is 4.03. The van der Waals surface area contributed by atoms with Crippen LogP contribution in [0.15, 0.2) is 46.9 Å². The number of nitrogens with zero attached hydrogens (tertiary/aromatic N) is 3. The van der Waals surface area contributed by atoms with Crippen LogP contribution in [0.3, 0.4) is 0 Å². The third-order valence-electron chi connectivity index (χ3n) is 4.90. The lowest BCUT2D eigenvalue weighted by Crippen LogP contribution is -2.37. The van der Waals surface area contributed by atoms with Gasteiger partial charge in [-0.2, -0.15) is 0 Å². The number of benzene rings is 1. The van der Waals surface area contributed by atoms with Crippen LogP contribution >= 0.6 is 0 Å². The lowest BCUT2D eigenvalue weighted by molar-refractivity contribution is 0.122. The molecule has 3 aromatic rings. The molecule has 29 heavy (non-hydrogen) atoms. The van der Waals surface area contributed by atoms with E-state index in [0.29, 0.717) is 24.6 Å². The minimum atomic E-state index is 0.187. The van der Waals surface area contributed by atoms with Gasteiger partial charge >= 0.3 is 0 Å². The Morgan fingerprint density at radius 3 is 2.76 bits per heavy atom. The highest BCUT2D eigenvalue weighted by atomic mass is 16.5. The van der Waals surface area contributed by atoms with Crippen LogP contribution in [-0.4, -0.2) is 41.4 Å². The second-order valence-electron chi connectivity index (χ2n) is 6.97. The standard InChI is InChI=1S/C23H25N3O3/c1-3-4-5-6-10-19-16(2)29-21-20(19)24-22(17-8-7-9-18(27)15-17)25-23(21)26-11-13-28-14-12-26/h4-10,15,27H,3,11-14H2,1-2H3. The lowest BCUT2D eigenvalue weighted by Gasteiger charge is -2.27. The second-order valence-corrected chi connectivity index (χ2v) is 6.97. The molecule has 0 spiro atoms. The molecule has 1 aliphatic heterocycles. The monoisotopic (exact) mass is 391 g/mol. The summed E-state index contributed by atoms with van der Waals surface area (Å²) in [5.41, 5.74) is 3.17. The van der Waals surface area contributed by atoms with E-state index in [-0.39, 0.29) is 5.75 Å². The Morgan fingerprint density at radius 1 is 1.17 bits per heavy atom. The molecule has 6 heteroatoms. The number of rotatable bonds is 5. The molecule has 0 amide bonds. The molecule has 0 atom stereocenters. The van der Waals surface area contributed by atoms with E-state index in [0.717, 1.165) is 47.7 Å². The number of hydrogen-bond acceptors (Lipinski definition) is 6. The summed E-state index contributed by atoms with van der Waals surface area (Å²) < 4.78 is 11.6. The molecule has 0 bridgehead atoms. The summed E-state index contributed by atoms with van der Waals surface area (Å²) in [5, 5.41) is 9.91. The van der Waals surface area contributed by atoms with Crippen molar-refractivity contribution >= 4 is 23.0 Å². The van der Waals surface area contributed by atoms with Gasteiger partial charge in [0.05, 0.1) is 13.2 Å². The fourth-order valence-corrected chi connectivity index (χ4v) is 3.42. The molecule has 1 saturated heterocycles. The SMILES string of the molecule is CCC=CC=Cc1c(C)oc2c(N3CCOCC3)nc(-c3cccc(O)c3)nc12. The molecule has 0 saturated carbocycles. The van der Waals surface area contributed by atoms with Crippen molar-refractivity contribution < 1.29 is 14.3 Å². The fraction of sp³-hybridized carbons (Fsp3) is 0.304. The number of phenolic OH excluding ortho intramolecular Hbond substituents is 1. The van der Waals surface area contributed by atoms with Crippen LogP contribution in [-0.2, 0) is 4.74 Å². The summed E-state index contributed by atoms with van der Waals surface area (Å²) >= 11 is 0. The molecule has 1 aromatic carbocycles. The fourth-order valence-electron chi connectivity index (χ4n) is 3.42. The number of hydrogen-bond donors (Lipinski definition) is 1. The van der Waals surface area contributed by atoms with Gasteiger partial charge in [0.2, 0.25) is 0 Å². The van der Waals surface area contributed by atoms with Crippen molar-refractivity contribution in [1.29, 1.82) is 0 Å². The summed E-state index contributed by atoms with van der Waals surface area (Å²) in [6.45, 7) is 6.85. The Kier molecular flexibility index (Phi) is 5.62. The maximum Gasteiger partial charge on any atom is 0.195 e. The van der Waals surface area contributed by atoms with E-state index in [1.54, 1.807) is 18.2 Å². The van der Waals surface area contributed by atoms with Crippen LogP contribution < -0.4 is 4.90 Å². The zero-order valence-electron chi connectivity index (χ0n) is 16.8. The molecule has 0 unspecified atom stereocenters. The smallest absolute Gasteiger partial charge is 0.195 e. The number of fused-ring (bicyclic) bond motifs is 1. The molecular weight excluding hydrogens is 366 g/mol. The highest BCUT2D eigenvalue weighted by molar-refractivity contribution is 5.93. The van der Waals surface area contributed by atoms with Crippen LogP contribution in [0.25, 0.3) is 28.6 Å². The van der Waals surface area contributed by atoms with Gasteiger partial charge in [-0.25, -0.2) is 9.97 Å². The highest BCUT2D eigenvalue weighted by Gasteiger charge is 2.23. The molecule has 0 radical (unpaired) electrons. The molecule has 1 N–H and O–H groups in total. The number of aryl methyl sites for hydroxylation is 1. The Labute approximate surface area is 170 Å². The van der Waals surface area contributed by atoms with Gasteiger partial charge in [-0.1, -0.05) is 37.3 Å². The predicted molar refractivity (Wildman–Crippen MR) is 115 cm³/mol. The van der Waals surface area contributed by atoms with Gasteiger partial charge in [0, 0.05) is 24.2 Å². The van der Waals surface area contributed by atoms with Crippen LogP contribution in [0.4, 0.5) is 5.82 Å². The van der Waals surface area contributed by atoms with E-state index >= 15 is 0 Å². The first-order valence-corrected chi connectivity index (χ1v) is 9.94. The Morgan fingerprint density at radius 2 is 2.00 bits per heavy atom. The number of anilines is 1. The summed E-state index contributed by atoms with van der Waals surface area (Å²) in [6.07, 6.45) is 9.14. The number of aromatic nitrogens is 2. The Bertz CT molecular complexity index is 1060. The summed E-state index contributed by atoms with van der Waals surface area (Å²) in [7, 11) is 0. The van der Waals surface area contributed by atoms with Crippen molar-refractivity contribution in [3.63, 3.8) is 0 Å². The largest absolute Gasteiger partial charge is 0.508 e. The van der Waals surface area contributed by atoms with Crippen LogP contribution in [0.5, 0.6) is 5.75 Å². The molecule has 1 aliphatic rings. The molecule has 2 aromatic heterocycles. The van der Waals surface area contributed by atoms with Crippen molar-refractivity contribution in [2.45, 2.75) is 20.3 Å². The van der Waals surface area contributed by atoms with Crippen LogP contribution in [0.2, 0.25) is 0 Å². The molecule has 1 fully saturated rings. The number of aromatic hydroxyl groups is 1. The van der Waals surface area contributed by atoms with Gasteiger partial charge in [0.15, 0.2) is 17.2 Å². The van der Waals surface area contributed by atoms with Crippen LogP contribution in [0, 0.1) is 6.92 Å². The average molecular weight is 391 g/mol. The molecule has 4 rings (SSSR count). The van der Waals surface area contributed by atoms with Crippen molar-refractivity contribution in [1.82, 2.24) is 9.97 Å². The third-order valence-corrected chi connectivity index (χ3v) is 4.90. The van der Waals surface area contributed by atoms with Crippen LogP contribution in [0.1, 0.15) is 24.7 Å². The molecule has 6 nitrogen and oxygen atoms in total. The first-order chi connectivity index (χ1) is 14.2. The predicted octanol–water partition coefficient (Wildman–Crippen LogP) is 4.72. The molecule has 0 aliphatic carbocycles. The van der Waals surface area contributed by atoms with Crippen molar-refractivity contribution in [2.75, 3.05) is 31.2 Å². The zero-order chi connectivity index (χ0) is 20.2. The number of phenols is 1. The first kappa shape index (κ1) is 19.2. The second kappa shape index (κ2) is 8.49. The van der Waals surface area contributed by atoms with Crippen molar-refractivity contribution in [3.05, 3.63) is 53.8 Å². The van der Waals surface area contributed by atoms with Gasteiger partial charge in [0.1, 0.15) is 17.0 Å². The topological polar surface area (TPSA) is 71.6 Å². The van der Waals surface area contributed by atoms with E-state index in [2.05, 4.69) is 17.9 Å². The van der Waals surface area contributed by atoms with Gasteiger partial charge in [0.25, 0.3) is 0 Å². The van der Waals surface area contributed by atoms with E-state index in [1.807, 2.05) is 31.2 Å². The summed E-state index contributed by atoms with van der Waals surface area (Å²) in [6, 6.07) is 7.01. The van der Waals surface area contributed by atoms with E-state index < -0.39 is 0 Å². The maximum atomic E-state index is 9.91. The maximum absolute atomic E-state index is 9.91. The van der Waals surface area contributed by atoms with E-state index in [9.17, 15) is 5.11 Å². The molecule has 3 heterocycles. The highest BCUT2D eigenvalue weighted by Crippen LogP contribution is 2.34.